The number of benzene rings is 1. The Morgan fingerprint density at radius 1 is 1.14 bits per heavy atom. The highest BCUT2D eigenvalue weighted by atomic mass is 19.1. The van der Waals surface area contributed by atoms with E-state index in [0.717, 1.165) is 50.8 Å². The topological polar surface area (TPSA) is 73.5 Å². The highest BCUT2D eigenvalue weighted by Gasteiger charge is 2.39. The van der Waals surface area contributed by atoms with Crippen LogP contribution in [0.4, 0.5) is 4.39 Å². The molecule has 1 aliphatic carbocycles. The van der Waals surface area contributed by atoms with Gasteiger partial charge in [0.2, 0.25) is 5.91 Å². The molecule has 2 heterocycles. The summed E-state index contributed by atoms with van der Waals surface area (Å²) in [6.45, 7) is 2.87. The van der Waals surface area contributed by atoms with Crippen LogP contribution >= 0.6 is 0 Å². The molecule has 0 bridgehead atoms. The van der Waals surface area contributed by atoms with Crippen molar-refractivity contribution in [2.75, 3.05) is 26.2 Å². The summed E-state index contributed by atoms with van der Waals surface area (Å²) in [5.74, 6) is -0.255. The minimum atomic E-state index is -0.466. The zero-order chi connectivity index (χ0) is 19.5. The molecule has 2 amide bonds. The van der Waals surface area contributed by atoms with Crippen molar-refractivity contribution in [2.24, 2.45) is 11.8 Å². The number of carbonyl (C=O) groups excluding carboxylic acids is 2. The quantitative estimate of drug-likeness (QED) is 0.736. The molecule has 28 heavy (non-hydrogen) atoms. The second kappa shape index (κ2) is 8.57. The van der Waals surface area contributed by atoms with Crippen LogP contribution in [0.2, 0.25) is 0 Å². The molecule has 0 spiro atoms. The van der Waals surface area contributed by atoms with Gasteiger partial charge in [-0.2, -0.15) is 0 Å². The number of nitrogens with zero attached hydrogens (tertiary/aromatic N) is 1. The van der Waals surface area contributed by atoms with Crippen LogP contribution in [-0.2, 0) is 11.2 Å². The average molecular weight is 388 g/mol. The molecule has 3 fully saturated rings. The van der Waals surface area contributed by atoms with E-state index >= 15 is 0 Å². The van der Waals surface area contributed by atoms with Gasteiger partial charge in [0.1, 0.15) is 5.82 Å². The van der Waals surface area contributed by atoms with Gasteiger partial charge in [0.05, 0.1) is 5.56 Å². The molecule has 152 valence electrons. The minimum Gasteiger partial charge on any atom is -0.337 e. The minimum absolute atomic E-state index is 0.0613. The van der Waals surface area contributed by atoms with Gasteiger partial charge in [0.25, 0.3) is 5.91 Å². The standard InChI is InChI=1S/C21H29FN4O2/c22-18-7-6-14(12-17(18)21(28)26-10-3-8-23-9-11-26)13-19-15-4-1-2-5-16(15)20(27)25-24-19/h6-7,12,15-16,19,23-24H,1-5,8-11,13H2,(H,25,27). The Bertz CT molecular complexity index is 733. The zero-order valence-electron chi connectivity index (χ0n) is 16.2. The second-order valence-corrected chi connectivity index (χ2v) is 8.21. The molecular formula is C21H29FN4O2. The lowest BCUT2D eigenvalue weighted by atomic mass is 9.72. The van der Waals surface area contributed by atoms with Gasteiger partial charge in [0.15, 0.2) is 0 Å². The number of rotatable bonds is 3. The Balaban J connectivity index is 1.50. The Morgan fingerprint density at radius 3 is 2.89 bits per heavy atom. The van der Waals surface area contributed by atoms with E-state index in [1.165, 1.54) is 6.07 Å². The first-order valence-corrected chi connectivity index (χ1v) is 10.5. The molecule has 6 nitrogen and oxygen atoms in total. The molecule has 2 saturated heterocycles. The van der Waals surface area contributed by atoms with Crippen molar-refractivity contribution in [2.45, 2.75) is 44.6 Å². The van der Waals surface area contributed by atoms with Crippen LogP contribution in [0.3, 0.4) is 0 Å². The molecule has 4 rings (SSSR count). The summed E-state index contributed by atoms with van der Waals surface area (Å²) in [5.41, 5.74) is 7.05. The van der Waals surface area contributed by atoms with Gasteiger partial charge in [-0.3, -0.25) is 15.0 Å². The first kappa shape index (κ1) is 19.3. The van der Waals surface area contributed by atoms with E-state index < -0.39 is 5.82 Å². The number of carbonyl (C=O) groups is 2. The van der Waals surface area contributed by atoms with Crippen molar-refractivity contribution in [3.05, 3.63) is 35.1 Å². The average Bonchev–Trinajstić information content (AvgIpc) is 3.01. The summed E-state index contributed by atoms with van der Waals surface area (Å²) < 4.78 is 14.4. The van der Waals surface area contributed by atoms with Crippen LogP contribution in [0, 0.1) is 17.7 Å². The van der Waals surface area contributed by atoms with Crippen LogP contribution in [0.25, 0.3) is 0 Å². The first-order valence-electron chi connectivity index (χ1n) is 10.5. The SMILES string of the molecule is O=C1NNC(Cc2ccc(F)c(C(=O)N3CCCNCC3)c2)C2CCCCC12. The van der Waals surface area contributed by atoms with Gasteiger partial charge in [-0.05, 0) is 55.8 Å². The monoisotopic (exact) mass is 388 g/mol. The maximum atomic E-state index is 14.4. The van der Waals surface area contributed by atoms with E-state index in [1.54, 1.807) is 17.0 Å². The number of nitrogens with one attached hydrogen (secondary N) is 3. The molecule has 2 aliphatic heterocycles. The van der Waals surface area contributed by atoms with Crippen LogP contribution in [0.1, 0.15) is 48.0 Å². The first-order chi connectivity index (χ1) is 13.6. The third-order valence-electron chi connectivity index (χ3n) is 6.40. The van der Waals surface area contributed by atoms with Gasteiger partial charge >= 0.3 is 0 Å². The third-order valence-corrected chi connectivity index (χ3v) is 6.40. The van der Waals surface area contributed by atoms with Gasteiger partial charge in [0, 0.05) is 31.6 Å². The Morgan fingerprint density at radius 2 is 2.00 bits per heavy atom. The van der Waals surface area contributed by atoms with Gasteiger partial charge in [-0.25, -0.2) is 9.82 Å². The van der Waals surface area contributed by atoms with Gasteiger partial charge in [-0.1, -0.05) is 18.9 Å². The molecule has 3 unspecified atom stereocenters. The van der Waals surface area contributed by atoms with Crippen molar-refractivity contribution < 1.29 is 14.0 Å². The predicted octanol–water partition coefficient (Wildman–Crippen LogP) is 1.61. The number of hydrazine groups is 1. The Labute approximate surface area is 165 Å². The van der Waals surface area contributed by atoms with Crippen molar-refractivity contribution in [1.82, 2.24) is 21.1 Å². The summed E-state index contributed by atoms with van der Waals surface area (Å²) in [4.78, 5) is 26.7. The van der Waals surface area contributed by atoms with Crippen LogP contribution in [0.15, 0.2) is 18.2 Å². The molecular weight excluding hydrogens is 359 g/mol. The molecule has 0 aromatic heterocycles. The maximum absolute atomic E-state index is 14.4. The molecule has 3 N–H and O–H groups in total. The number of fused-ring (bicyclic) bond motifs is 1. The fourth-order valence-electron chi connectivity index (χ4n) is 4.87. The van der Waals surface area contributed by atoms with E-state index in [0.29, 0.717) is 25.4 Å². The second-order valence-electron chi connectivity index (χ2n) is 8.21. The van der Waals surface area contributed by atoms with Crippen molar-refractivity contribution in [3.63, 3.8) is 0 Å². The van der Waals surface area contributed by atoms with E-state index in [-0.39, 0.29) is 29.3 Å². The van der Waals surface area contributed by atoms with E-state index in [2.05, 4.69) is 16.2 Å². The molecule has 1 aromatic carbocycles. The van der Waals surface area contributed by atoms with E-state index in [1.807, 2.05) is 0 Å². The number of hydrogen-bond acceptors (Lipinski definition) is 4. The highest BCUT2D eigenvalue weighted by Crippen LogP contribution is 2.35. The van der Waals surface area contributed by atoms with Gasteiger partial charge in [-0.15, -0.1) is 0 Å². The lowest BCUT2D eigenvalue weighted by Gasteiger charge is -2.41. The maximum Gasteiger partial charge on any atom is 0.256 e. The molecule has 1 saturated carbocycles. The van der Waals surface area contributed by atoms with Crippen LogP contribution in [-0.4, -0.2) is 48.9 Å². The third kappa shape index (κ3) is 4.05. The molecule has 3 aliphatic rings. The summed E-state index contributed by atoms with van der Waals surface area (Å²) in [6.07, 6.45) is 5.75. The summed E-state index contributed by atoms with van der Waals surface area (Å²) >= 11 is 0. The van der Waals surface area contributed by atoms with E-state index in [9.17, 15) is 14.0 Å². The summed E-state index contributed by atoms with van der Waals surface area (Å²) in [6, 6.07) is 4.97. The Hall–Kier alpha value is -1.99. The smallest absolute Gasteiger partial charge is 0.256 e. The molecule has 3 atom stereocenters. The summed E-state index contributed by atoms with van der Waals surface area (Å²) in [5, 5.41) is 3.26. The Kier molecular flexibility index (Phi) is 5.92. The lowest BCUT2D eigenvalue weighted by Crippen LogP contribution is -2.60. The van der Waals surface area contributed by atoms with Crippen LogP contribution in [0.5, 0.6) is 0 Å². The number of halogens is 1. The van der Waals surface area contributed by atoms with Crippen molar-refractivity contribution in [1.29, 1.82) is 0 Å². The fraction of sp³-hybridized carbons (Fsp3) is 0.619. The van der Waals surface area contributed by atoms with Crippen molar-refractivity contribution in [3.8, 4) is 0 Å². The summed E-state index contributed by atoms with van der Waals surface area (Å²) in [7, 11) is 0. The largest absolute Gasteiger partial charge is 0.337 e. The van der Waals surface area contributed by atoms with E-state index in [4.69, 9.17) is 0 Å². The number of hydrogen-bond donors (Lipinski definition) is 3. The van der Waals surface area contributed by atoms with Crippen molar-refractivity contribution >= 4 is 11.8 Å². The highest BCUT2D eigenvalue weighted by molar-refractivity contribution is 5.94. The lowest BCUT2D eigenvalue weighted by molar-refractivity contribution is -0.133. The molecule has 1 aromatic rings. The normalized spacial score (nSPS) is 28.2. The van der Waals surface area contributed by atoms with Gasteiger partial charge < -0.3 is 10.2 Å². The predicted molar refractivity (Wildman–Crippen MR) is 104 cm³/mol. The molecule has 7 heteroatoms. The molecule has 0 radical (unpaired) electrons. The number of amides is 2. The van der Waals surface area contributed by atoms with Crippen LogP contribution < -0.4 is 16.2 Å². The fourth-order valence-corrected chi connectivity index (χ4v) is 4.87. The zero-order valence-corrected chi connectivity index (χ0v) is 16.2.